The highest BCUT2D eigenvalue weighted by Crippen LogP contribution is 2.28. The Morgan fingerprint density at radius 3 is 3.09 bits per heavy atom. The van der Waals surface area contributed by atoms with E-state index in [1.165, 1.54) is 6.42 Å². The van der Waals surface area contributed by atoms with Gasteiger partial charge in [0.2, 0.25) is 0 Å². The van der Waals surface area contributed by atoms with Crippen LogP contribution in [0.4, 0.5) is 0 Å². The largest absolute Gasteiger partial charge is 0.497 e. The molecular weight excluding hydrogens is 288 g/mol. The van der Waals surface area contributed by atoms with Crippen LogP contribution < -0.4 is 10.1 Å². The zero-order valence-corrected chi connectivity index (χ0v) is 13.2. The number of nitrogens with one attached hydrogen (secondary N) is 1. The van der Waals surface area contributed by atoms with Crippen molar-refractivity contribution in [3.63, 3.8) is 0 Å². The first kappa shape index (κ1) is 14.2. The van der Waals surface area contributed by atoms with Gasteiger partial charge in [-0.2, -0.15) is 0 Å². The number of rotatable bonds is 4. The minimum atomic E-state index is 0.624. The highest BCUT2D eigenvalue weighted by molar-refractivity contribution is 5.77. The third-order valence-corrected chi connectivity index (χ3v) is 4.43. The molecule has 5 heteroatoms. The molecule has 3 heterocycles. The Morgan fingerprint density at radius 2 is 2.26 bits per heavy atom. The fourth-order valence-electron chi connectivity index (χ4n) is 3.24. The van der Waals surface area contributed by atoms with Crippen molar-refractivity contribution in [2.24, 2.45) is 5.92 Å². The Bertz CT molecular complexity index is 821. The Labute approximate surface area is 135 Å². The molecule has 1 aliphatic rings. The van der Waals surface area contributed by atoms with Crippen LogP contribution in [0.1, 0.15) is 6.42 Å². The summed E-state index contributed by atoms with van der Waals surface area (Å²) in [5, 5.41) is 3.44. The summed E-state index contributed by atoms with van der Waals surface area (Å²) < 4.78 is 7.61. The second kappa shape index (κ2) is 6.01. The Kier molecular flexibility index (Phi) is 3.71. The number of methoxy groups -OCH3 is 1. The Balaban J connectivity index is 1.83. The second-order valence-corrected chi connectivity index (χ2v) is 5.98. The number of hydrogen-bond donors (Lipinski definition) is 1. The van der Waals surface area contributed by atoms with Gasteiger partial charge in [-0.25, -0.2) is 9.97 Å². The van der Waals surface area contributed by atoms with E-state index in [1.807, 2.05) is 36.5 Å². The van der Waals surface area contributed by atoms with Crippen LogP contribution in [-0.4, -0.2) is 34.7 Å². The molecule has 1 unspecified atom stereocenters. The van der Waals surface area contributed by atoms with Gasteiger partial charge in [-0.05, 0) is 49.7 Å². The molecule has 0 radical (unpaired) electrons. The van der Waals surface area contributed by atoms with Crippen LogP contribution in [0, 0.1) is 5.92 Å². The fraction of sp³-hybridized carbons (Fsp3) is 0.333. The van der Waals surface area contributed by atoms with E-state index in [0.717, 1.165) is 47.9 Å². The third kappa shape index (κ3) is 2.68. The summed E-state index contributed by atoms with van der Waals surface area (Å²) in [5.74, 6) is 2.43. The summed E-state index contributed by atoms with van der Waals surface area (Å²) in [7, 11) is 1.69. The van der Waals surface area contributed by atoms with Crippen LogP contribution >= 0.6 is 0 Å². The number of aromatic nitrogens is 3. The standard InChI is InChI=1S/C18H20N4O/c1-23-15-5-2-4-14(10-15)17-21-16-6-3-8-20-18(16)22(17)12-13-7-9-19-11-13/h2-6,8,10,13,19H,7,9,11-12H2,1H3. The van der Waals surface area contributed by atoms with E-state index in [0.29, 0.717) is 5.92 Å². The molecule has 118 valence electrons. The van der Waals surface area contributed by atoms with Gasteiger partial charge in [-0.3, -0.25) is 0 Å². The van der Waals surface area contributed by atoms with Crippen molar-refractivity contribution < 1.29 is 4.74 Å². The van der Waals surface area contributed by atoms with E-state index in [4.69, 9.17) is 9.72 Å². The van der Waals surface area contributed by atoms with Crippen LogP contribution in [0.25, 0.3) is 22.6 Å². The van der Waals surface area contributed by atoms with Crippen molar-refractivity contribution in [1.29, 1.82) is 0 Å². The SMILES string of the molecule is COc1cccc(-c2nc3cccnc3n2CC2CCNC2)c1. The average Bonchev–Trinajstić information content (AvgIpc) is 3.24. The van der Waals surface area contributed by atoms with Crippen LogP contribution in [0.5, 0.6) is 5.75 Å². The van der Waals surface area contributed by atoms with Gasteiger partial charge in [0, 0.05) is 18.3 Å². The lowest BCUT2D eigenvalue weighted by Gasteiger charge is -2.13. The second-order valence-electron chi connectivity index (χ2n) is 5.98. The molecule has 0 aliphatic carbocycles. The van der Waals surface area contributed by atoms with Crippen molar-refractivity contribution >= 4 is 11.2 Å². The molecule has 23 heavy (non-hydrogen) atoms. The number of benzene rings is 1. The molecule has 0 spiro atoms. The molecule has 4 rings (SSSR count). The molecule has 2 aromatic heterocycles. The van der Waals surface area contributed by atoms with E-state index in [1.54, 1.807) is 7.11 Å². The normalized spacial score (nSPS) is 17.7. The van der Waals surface area contributed by atoms with Gasteiger partial charge in [-0.15, -0.1) is 0 Å². The molecule has 3 aromatic rings. The molecule has 0 saturated carbocycles. The zero-order chi connectivity index (χ0) is 15.6. The maximum absolute atomic E-state index is 5.36. The van der Waals surface area contributed by atoms with Crippen LogP contribution in [-0.2, 0) is 6.54 Å². The highest BCUT2D eigenvalue weighted by Gasteiger charge is 2.20. The van der Waals surface area contributed by atoms with Gasteiger partial charge >= 0.3 is 0 Å². The van der Waals surface area contributed by atoms with E-state index >= 15 is 0 Å². The third-order valence-electron chi connectivity index (χ3n) is 4.43. The molecule has 1 N–H and O–H groups in total. The summed E-state index contributed by atoms with van der Waals surface area (Å²) in [6.45, 7) is 3.09. The fourth-order valence-corrected chi connectivity index (χ4v) is 3.24. The van der Waals surface area contributed by atoms with Gasteiger partial charge in [0.15, 0.2) is 5.65 Å². The molecule has 0 bridgehead atoms. The lowest BCUT2D eigenvalue weighted by Crippen LogP contribution is -2.15. The molecule has 1 fully saturated rings. The van der Waals surface area contributed by atoms with E-state index in [2.05, 4.69) is 20.9 Å². The summed E-state index contributed by atoms with van der Waals surface area (Å²) in [5.41, 5.74) is 2.96. The van der Waals surface area contributed by atoms with E-state index < -0.39 is 0 Å². The lowest BCUT2D eigenvalue weighted by atomic mass is 10.1. The summed E-state index contributed by atoms with van der Waals surface area (Å²) in [6.07, 6.45) is 3.03. The number of ether oxygens (including phenoxy) is 1. The number of hydrogen-bond acceptors (Lipinski definition) is 4. The average molecular weight is 308 g/mol. The van der Waals surface area contributed by atoms with Gasteiger partial charge in [0.25, 0.3) is 0 Å². The molecule has 1 saturated heterocycles. The van der Waals surface area contributed by atoms with Gasteiger partial charge in [0.05, 0.1) is 7.11 Å². The Hall–Kier alpha value is -2.40. The predicted molar refractivity (Wildman–Crippen MR) is 90.5 cm³/mol. The highest BCUT2D eigenvalue weighted by atomic mass is 16.5. The summed E-state index contributed by atoms with van der Waals surface area (Å²) in [4.78, 5) is 9.39. The Morgan fingerprint density at radius 1 is 1.30 bits per heavy atom. The first-order valence-corrected chi connectivity index (χ1v) is 8.01. The molecule has 1 aromatic carbocycles. The minimum Gasteiger partial charge on any atom is -0.497 e. The topological polar surface area (TPSA) is 52.0 Å². The van der Waals surface area contributed by atoms with Gasteiger partial charge in [0.1, 0.15) is 17.1 Å². The summed E-state index contributed by atoms with van der Waals surface area (Å²) >= 11 is 0. The van der Waals surface area contributed by atoms with E-state index in [-0.39, 0.29) is 0 Å². The number of imidazole rings is 1. The van der Waals surface area contributed by atoms with Crippen molar-refractivity contribution in [2.75, 3.05) is 20.2 Å². The van der Waals surface area contributed by atoms with Crippen LogP contribution in [0.3, 0.4) is 0 Å². The van der Waals surface area contributed by atoms with Crippen LogP contribution in [0.2, 0.25) is 0 Å². The molecule has 1 aliphatic heterocycles. The lowest BCUT2D eigenvalue weighted by molar-refractivity contribution is 0.415. The number of pyridine rings is 1. The van der Waals surface area contributed by atoms with Gasteiger partial charge in [-0.1, -0.05) is 12.1 Å². The maximum atomic E-state index is 5.36. The molecule has 1 atom stereocenters. The monoisotopic (exact) mass is 308 g/mol. The maximum Gasteiger partial charge on any atom is 0.160 e. The molecule has 5 nitrogen and oxygen atoms in total. The number of fused-ring (bicyclic) bond motifs is 1. The van der Waals surface area contributed by atoms with E-state index in [9.17, 15) is 0 Å². The number of nitrogens with zero attached hydrogens (tertiary/aromatic N) is 3. The molecular formula is C18H20N4O. The van der Waals surface area contributed by atoms with Crippen molar-refractivity contribution in [3.05, 3.63) is 42.6 Å². The first-order valence-electron chi connectivity index (χ1n) is 8.01. The van der Waals surface area contributed by atoms with Crippen molar-refractivity contribution in [2.45, 2.75) is 13.0 Å². The zero-order valence-electron chi connectivity index (χ0n) is 13.2. The van der Waals surface area contributed by atoms with Gasteiger partial charge < -0.3 is 14.6 Å². The predicted octanol–water partition coefficient (Wildman–Crippen LogP) is 2.72. The molecule has 0 amide bonds. The van der Waals surface area contributed by atoms with Crippen molar-refractivity contribution in [1.82, 2.24) is 19.9 Å². The first-order chi connectivity index (χ1) is 11.3. The summed E-state index contributed by atoms with van der Waals surface area (Å²) in [6, 6.07) is 12.0. The van der Waals surface area contributed by atoms with Crippen LogP contribution in [0.15, 0.2) is 42.6 Å². The van der Waals surface area contributed by atoms with Crippen molar-refractivity contribution in [3.8, 4) is 17.1 Å². The smallest absolute Gasteiger partial charge is 0.160 e. The minimum absolute atomic E-state index is 0.624. The quantitative estimate of drug-likeness (QED) is 0.805.